The number of Topliss-reactive ketones (excluding diaryl/α,β-unsaturated/α-hetero) is 1. The Bertz CT molecular complexity index is 848. The standard InChI is InChI=1S/C18H14Cl2N2O2/c19-15-5-4-14(17(20)9-15)10-24-11-18(23)13-2-1-3-16(8-13)22-7-6-21-12-22/h1-9,12H,10-11H2. The van der Waals surface area contributed by atoms with E-state index in [1.807, 2.05) is 29.0 Å². The summed E-state index contributed by atoms with van der Waals surface area (Å²) in [6.07, 6.45) is 5.19. The van der Waals surface area contributed by atoms with Gasteiger partial charge >= 0.3 is 0 Å². The highest BCUT2D eigenvalue weighted by atomic mass is 35.5. The topological polar surface area (TPSA) is 44.1 Å². The number of halogens is 2. The molecule has 2 aromatic carbocycles. The van der Waals surface area contributed by atoms with E-state index in [9.17, 15) is 4.79 Å². The molecule has 0 aliphatic carbocycles. The van der Waals surface area contributed by atoms with Gasteiger partial charge in [-0.25, -0.2) is 4.98 Å². The lowest BCUT2D eigenvalue weighted by Crippen LogP contribution is -2.09. The predicted molar refractivity (Wildman–Crippen MR) is 94.0 cm³/mol. The summed E-state index contributed by atoms with van der Waals surface area (Å²) in [5.41, 5.74) is 2.25. The van der Waals surface area contributed by atoms with Crippen LogP contribution in [0.4, 0.5) is 0 Å². The molecule has 0 amide bonds. The minimum absolute atomic E-state index is 0.0215. The van der Waals surface area contributed by atoms with Gasteiger partial charge in [-0.05, 0) is 29.8 Å². The van der Waals surface area contributed by atoms with E-state index in [0.717, 1.165) is 11.3 Å². The Hall–Kier alpha value is -2.14. The molecule has 0 atom stereocenters. The smallest absolute Gasteiger partial charge is 0.188 e. The van der Waals surface area contributed by atoms with E-state index in [1.165, 1.54) is 0 Å². The summed E-state index contributed by atoms with van der Waals surface area (Å²) in [5.74, 6) is -0.0953. The summed E-state index contributed by atoms with van der Waals surface area (Å²) in [7, 11) is 0. The van der Waals surface area contributed by atoms with Gasteiger partial charge in [-0.15, -0.1) is 0 Å². The van der Waals surface area contributed by atoms with E-state index < -0.39 is 0 Å². The molecule has 0 aliphatic rings. The number of rotatable bonds is 6. The Morgan fingerprint density at radius 1 is 1.17 bits per heavy atom. The number of benzene rings is 2. The number of hydrogen-bond acceptors (Lipinski definition) is 3. The largest absolute Gasteiger partial charge is 0.369 e. The second-order valence-corrected chi connectivity index (χ2v) is 6.02. The Morgan fingerprint density at radius 2 is 2.04 bits per heavy atom. The molecule has 0 saturated heterocycles. The van der Waals surface area contributed by atoms with Gasteiger partial charge in [-0.3, -0.25) is 4.79 Å². The minimum Gasteiger partial charge on any atom is -0.369 e. The van der Waals surface area contributed by atoms with Crippen LogP contribution >= 0.6 is 23.2 Å². The first-order chi connectivity index (χ1) is 11.6. The SMILES string of the molecule is O=C(COCc1ccc(Cl)cc1Cl)c1cccc(-n2ccnc2)c1. The Kier molecular flexibility index (Phi) is 5.30. The van der Waals surface area contributed by atoms with Crippen molar-refractivity contribution in [1.82, 2.24) is 9.55 Å². The molecule has 122 valence electrons. The lowest BCUT2D eigenvalue weighted by Gasteiger charge is -2.08. The van der Waals surface area contributed by atoms with Crippen molar-refractivity contribution in [2.75, 3.05) is 6.61 Å². The fourth-order valence-corrected chi connectivity index (χ4v) is 2.69. The summed E-state index contributed by atoms with van der Waals surface area (Å²) in [6, 6.07) is 12.5. The maximum atomic E-state index is 12.3. The number of aromatic nitrogens is 2. The minimum atomic E-state index is -0.0953. The Balaban J connectivity index is 1.62. The van der Waals surface area contributed by atoms with Crippen molar-refractivity contribution in [1.29, 1.82) is 0 Å². The molecule has 0 saturated carbocycles. The van der Waals surface area contributed by atoms with E-state index in [4.69, 9.17) is 27.9 Å². The van der Waals surface area contributed by atoms with Crippen LogP contribution in [-0.2, 0) is 11.3 Å². The van der Waals surface area contributed by atoms with Crippen molar-refractivity contribution in [3.05, 3.63) is 82.4 Å². The van der Waals surface area contributed by atoms with Crippen molar-refractivity contribution in [3.63, 3.8) is 0 Å². The highest BCUT2D eigenvalue weighted by molar-refractivity contribution is 6.35. The zero-order chi connectivity index (χ0) is 16.9. The van der Waals surface area contributed by atoms with Crippen molar-refractivity contribution >= 4 is 29.0 Å². The van der Waals surface area contributed by atoms with Gasteiger partial charge in [0.25, 0.3) is 0 Å². The second-order valence-electron chi connectivity index (χ2n) is 5.17. The van der Waals surface area contributed by atoms with Crippen LogP contribution in [-0.4, -0.2) is 21.9 Å². The molecule has 24 heavy (non-hydrogen) atoms. The van der Waals surface area contributed by atoms with E-state index >= 15 is 0 Å². The number of imidazole rings is 1. The van der Waals surface area contributed by atoms with Gasteiger partial charge in [-0.1, -0.05) is 41.4 Å². The molecular formula is C18H14Cl2N2O2. The number of ether oxygens (including phenoxy) is 1. The molecule has 0 radical (unpaired) electrons. The van der Waals surface area contributed by atoms with Crippen LogP contribution in [0.2, 0.25) is 10.0 Å². The maximum Gasteiger partial charge on any atom is 0.188 e. The van der Waals surface area contributed by atoms with Crippen LogP contribution in [0.3, 0.4) is 0 Å². The van der Waals surface area contributed by atoms with Crippen LogP contribution in [0.15, 0.2) is 61.2 Å². The summed E-state index contributed by atoms with van der Waals surface area (Å²) >= 11 is 11.9. The Labute approximate surface area is 149 Å². The van der Waals surface area contributed by atoms with E-state index in [-0.39, 0.29) is 19.0 Å². The van der Waals surface area contributed by atoms with Gasteiger partial charge in [-0.2, -0.15) is 0 Å². The summed E-state index contributed by atoms with van der Waals surface area (Å²) in [4.78, 5) is 16.3. The maximum absolute atomic E-state index is 12.3. The van der Waals surface area contributed by atoms with Crippen molar-refractivity contribution in [3.8, 4) is 5.69 Å². The highest BCUT2D eigenvalue weighted by Gasteiger charge is 2.09. The predicted octanol–water partition coefficient (Wildman–Crippen LogP) is 4.58. The molecule has 0 N–H and O–H groups in total. The van der Waals surface area contributed by atoms with Gasteiger partial charge in [0, 0.05) is 33.7 Å². The monoisotopic (exact) mass is 360 g/mol. The molecule has 0 unspecified atom stereocenters. The van der Waals surface area contributed by atoms with E-state index in [2.05, 4.69) is 4.98 Å². The lowest BCUT2D eigenvalue weighted by atomic mass is 10.1. The first kappa shape index (κ1) is 16.7. The average Bonchev–Trinajstić information content (AvgIpc) is 3.11. The second kappa shape index (κ2) is 7.62. The van der Waals surface area contributed by atoms with Crippen LogP contribution < -0.4 is 0 Å². The van der Waals surface area contributed by atoms with Gasteiger partial charge in [0.1, 0.15) is 6.61 Å². The molecule has 4 nitrogen and oxygen atoms in total. The number of carbonyl (C=O) groups is 1. The van der Waals surface area contributed by atoms with Crippen molar-refractivity contribution in [2.45, 2.75) is 6.61 Å². The number of carbonyl (C=O) groups excluding carboxylic acids is 1. The molecule has 3 aromatic rings. The quantitative estimate of drug-likeness (QED) is 0.604. The average molecular weight is 361 g/mol. The summed E-state index contributed by atoms with van der Waals surface area (Å²) in [5, 5.41) is 1.09. The van der Waals surface area contributed by atoms with Crippen molar-refractivity contribution < 1.29 is 9.53 Å². The molecule has 0 fully saturated rings. The number of ketones is 1. The van der Waals surface area contributed by atoms with Gasteiger partial charge in [0.15, 0.2) is 5.78 Å². The molecule has 6 heteroatoms. The molecule has 0 aliphatic heterocycles. The van der Waals surface area contributed by atoms with Gasteiger partial charge < -0.3 is 9.30 Å². The third-order valence-electron chi connectivity index (χ3n) is 3.48. The third kappa shape index (κ3) is 4.03. The number of nitrogens with zero attached hydrogens (tertiary/aromatic N) is 2. The zero-order valence-corrected chi connectivity index (χ0v) is 14.2. The highest BCUT2D eigenvalue weighted by Crippen LogP contribution is 2.21. The fourth-order valence-electron chi connectivity index (χ4n) is 2.23. The third-order valence-corrected chi connectivity index (χ3v) is 4.06. The van der Waals surface area contributed by atoms with Crippen molar-refractivity contribution in [2.24, 2.45) is 0 Å². The summed E-state index contributed by atoms with van der Waals surface area (Å²) in [6.45, 7) is 0.231. The first-order valence-electron chi connectivity index (χ1n) is 7.27. The van der Waals surface area contributed by atoms with Crippen LogP contribution in [0, 0.1) is 0 Å². The molecular weight excluding hydrogens is 347 g/mol. The normalized spacial score (nSPS) is 10.8. The van der Waals surface area contributed by atoms with Gasteiger partial charge in [0.05, 0.1) is 12.9 Å². The lowest BCUT2D eigenvalue weighted by molar-refractivity contribution is 0.0726. The molecule has 0 bridgehead atoms. The molecule has 1 aromatic heterocycles. The number of hydrogen-bond donors (Lipinski definition) is 0. The first-order valence-corrected chi connectivity index (χ1v) is 8.02. The van der Waals surface area contributed by atoms with Crippen LogP contribution in [0.1, 0.15) is 15.9 Å². The van der Waals surface area contributed by atoms with E-state index in [1.54, 1.807) is 36.8 Å². The molecule has 3 rings (SSSR count). The Morgan fingerprint density at radius 3 is 2.79 bits per heavy atom. The fraction of sp³-hybridized carbons (Fsp3) is 0.111. The molecule has 0 spiro atoms. The van der Waals surface area contributed by atoms with Crippen LogP contribution in [0.5, 0.6) is 0 Å². The van der Waals surface area contributed by atoms with E-state index in [0.29, 0.717) is 15.6 Å². The summed E-state index contributed by atoms with van der Waals surface area (Å²) < 4.78 is 7.33. The van der Waals surface area contributed by atoms with Crippen LogP contribution in [0.25, 0.3) is 5.69 Å². The van der Waals surface area contributed by atoms with Gasteiger partial charge in [0.2, 0.25) is 0 Å². The zero-order valence-electron chi connectivity index (χ0n) is 12.7. The molecule has 1 heterocycles.